The monoisotopic (exact) mass is 411 g/mol. The summed E-state index contributed by atoms with van der Waals surface area (Å²) in [5.74, 6) is 0.115. The number of para-hydroxylation sites is 1. The fraction of sp³-hybridized carbons (Fsp3) is 0.435. The summed E-state index contributed by atoms with van der Waals surface area (Å²) >= 11 is 0. The lowest BCUT2D eigenvalue weighted by molar-refractivity contribution is 0.0524. The summed E-state index contributed by atoms with van der Waals surface area (Å²) < 4.78 is 10.6. The number of hydrogen-bond donors (Lipinski definition) is 1. The second-order valence-corrected chi connectivity index (χ2v) is 7.26. The van der Waals surface area contributed by atoms with Crippen molar-refractivity contribution in [1.29, 1.82) is 0 Å². The van der Waals surface area contributed by atoms with Gasteiger partial charge in [0.05, 0.1) is 31.0 Å². The molecule has 1 unspecified atom stereocenters. The molecular weight excluding hydrogens is 382 g/mol. The highest BCUT2D eigenvalue weighted by Gasteiger charge is 2.26. The Bertz CT molecular complexity index is 894. The van der Waals surface area contributed by atoms with Crippen LogP contribution in [0, 0.1) is 6.92 Å². The number of nitrogens with one attached hydrogen (secondary N) is 1. The van der Waals surface area contributed by atoms with Crippen molar-refractivity contribution in [3.63, 3.8) is 0 Å². The van der Waals surface area contributed by atoms with Gasteiger partial charge in [-0.15, -0.1) is 0 Å². The lowest BCUT2D eigenvalue weighted by atomic mass is 10.0. The van der Waals surface area contributed by atoms with E-state index in [-0.39, 0.29) is 17.6 Å². The third-order valence-electron chi connectivity index (χ3n) is 5.35. The number of aromatic nitrogens is 1. The zero-order valence-corrected chi connectivity index (χ0v) is 17.8. The van der Waals surface area contributed by atoms with Gasteiger partial charge in [-0.05, 0) is 58.0 Å². The first-order valence-electron chi connectivity index (χ1n) is 10.3. The Hall–Kier alpha value is -2.93. The van der Waals surface area contributed by atoms with E-state index < -0.39 is 5.97 Å². The van der Waals surface area contributed by atoms with Crippen molar-refractivity contribution in [2.75, 3.05) is 33.4 Å². The number of carbonyl (C=O) groups excluding carboxylic acids is 2. The number of benzene rings is 1. The molecule has 0 aliphatic carbocycles. The van der Waals surface area contributed by atoms with Crippen LogP contribution in [0.1, 0.15) is 57.9 Å². The van der Waals surface area contributed by atoms with E-state index in [4.69, 9.17) is 9.47 Å². The number of carbonyl (C=O) groups is 2. The summed E-state index contributed by atoms with van der Waals surface area (Å²) in [6.45, 7) is 6.17. The number of methoxy groups -OCH3 is 1. The van der Waals surface area contributed by atoms with E-state index in [2.05, 4.69) is 15.2 Å². The standard InChI is InChI=1S/C23H29N3O4/c1-4-30-23(28)17-11-12-19(25-16(17)2)22(27)24-15-20(26-13-7-8-14-26)18-9-5-6-10-21(18)29-3/h5-6,9-12,20H,4,7-8,13-15H2,1-3H3,(H,24,27). The minimum atomic E-state index is -0.431. The quantitative estimate of drug-likeness (QED) is 0.672. The normalized spacial score (nSPS) is 14.9. The van der Waals surface area contributed by atoms with Crippen LogP contribution >= 0.6 is 0 Å². The highest BCUT2D eigenvalue weighted by molar-refractivity contribution is 5.95. The molecule has 3 rings (SSSR count). The molecular formula is C23H29N3O4. The lowest BCUT2D eigenvalue weighted by Gasteiger charge is -2.29. The first-order valence-corrected chi connectivity index (χ1v) is 10.3. The van der Waals surface area contributed by atoms with Crippen LogP contribution in [0.3, 0.4) is 0 Å². The third kappa shape index (κ3) is 4.97. The molecule has 1 saturated heterocycles. The molecule has 1 amide bonds. The first kappa shape index (κ1) is 21.8. The summed E-state index contributed by atoms with van der Waals surface area (Å²) in [4.78, 5) is 31.4. The maximum atomic E-state index is 12.8. The summed E-state index contributed by atoms with van der Waals surface area (Å²) in [6, 6.07) is 11.1. The van der Waals surface area contributed by atoms with Gasteiger partial charge in [-0.3, -0.25) is 9.69 Å². The predicted octanol–water partition coefficient (Wildman–Crippen LogP) is 3.14. The summed E-state index contributed by atoms with van der Waals surface area (Å²) in [7, 11) is 1.66. The molecule has 2 aromatic rings. The van der Waals surface area contributed by atoms with Gasteiger partial charge in [-0.2, -0.15) is 0 Å². The lowest BCUT2D eigenvalue weighted by Crippen LogP contribution is -2.37. The maximum Gasteiger partial charge on any atom is 0.339 e. The minimum absolute atomic E-state index is 0.0208. The second kappa shape index (κ2) is 10.2. The van der Waals surface area contributed by atoms with Crippen LogP contribution in [-0.4, -0.2) is 55.1 Å². The molecule has 7 heteroatoms. The summed E-state index contributed by atoms with van der Waals surface area (Å²) in [5, 5.41) is 3.01. The van der Waals surface area contributed by atoms with Crippen molar-refractivity contribution in [3.05, 3.63) is 58.9 Å². The maximum absolute atomic E-state index is 12.8. The van der Waals surface area contributed by atoms with E-state index >= 15 is 0 Å². The molecule has 160 valence electrons. The fourth-order valence-electron chi connectivity index (χ4n) is 3.82. The number of pyridine rings is 1. The van der Waals surface area contributed by atoms with Crippen molar-refractivity contribution < 1.29 is 19.1 Å². The van der Waals surface area contributed by atoms with Gasteiger partial charge in [-0.25, -0.2) is 9.78 Å². The SMILES string of the molecule is CCOC(=O)c1ccc(C(=O)NCC(c2ccccc2OC)N2CCCC2)nc1C. The molecule has 1 aliphatic heterocycles. The fourth-order valence-corrected chi connectivity index (χ4v) is 3.82. The number of aryl methyl sites for hydroxylation is 1. The van der Waals surface area contributed by atoms with E-state index in [0.717, 1.165) is 37.2 Å². The van der Waals surface area contributed by atoms with Gasteiger partial charge < -0.3 is 14.8 Å². The van der Waals surface area contributed by atoms with E-state index in [1.165, 1.54) is 0 Å². The third-order valence-corrected chi connectivity index (χ3v) is 5.35. The number of ether oxygens (including phenoxy) is 2. The predicted molar refractivity (Wildman–Crippen MR) is 114 cm³/mol. The highest BCUT2D eigenvalue weighted by Crippen LogP contribution is 2.31. The number of amides is 1. The van der Waals surface area contributed by atoms with Gasteiger partial charge in [-0.1, -0.05) is 18.2 Å². The van der Waals surface area contributed by atoms with Crippen molar-refractivity contribution >= 4 is 11.9 Å². The molecule has 0 radical (unpaired) electrons. The van der Waals surface area contributed by atoms with E-state index in [9.17, 15) is 9.59 Å². The molecule has 1 aromatic heterocycles. The van der Waals surface area contributed by atoms with Gasteiger partial charge in [0.2, 0.25) is 0 Å². The topological polar surface area (TPSA) is 80.8 Å². The van der Waals surface area contributed by atoms with Gasteiger partial charge >= 0.3 is 5.97 Å². The smallest absolute Gasteiger partial charge is 0.339 e. The molecule has 7 nitrogen and oxygen atoms in total. The van der Waals surface area contributed by atoms with Gasteiger partial charge in [0.15, 0.2) is 0 Å². The Morgan fingerprint density at radius 1 is 1.17 bits per heavy atom. The second-order valence-electron chi connectivity index (χ2n) is 7.26. The van der Waals surface area contributed by atoms with Crippen LogP contribution in [0.2, 0.25) is 0 Å². The Labute approximate surface area is 177 Å². The number of nitrogens with zero attached hydrogens (tertiary/aromatic N) is 2. The molecule has 30 heavy (non-hydrogen) atoms. The Morgan fingerprint density at radius 2 is 1.90 bits per heavy atom. The number of esters is 1. The first-order chi connectivity index (χ1) is 14.5. The average Bonchev–Trinajstić information content (AvgIpc) is 3.28. The molecule has 1 N–H and O–H groups in total. The zero-order chi connectivity index (χ0) is 21.5. The van der Waals surface area contributed by atoms with Crippen molar-refractivity contribution in [2.24, 2.45) is 0 Å². The molecule has 0 saturated carbocycles. The van der Waals surface area contributed by atoms with Crippen LogP contribution < -0.4 is 10.1 Å². The summed E-state index contributed by atoms with van der Waals surface area (Å²) in [6.07, 6.45) is 2.30. The molecule has 2 heterocycles. The highest BCUT2D eigenvalue weighted by atomic mass is 16.5. The van der Waals surface area contributed by atoms with Gasteiger partial charge in [0, 0.05) is 12.1 Å². The van der Waals surface area contributed by atoms with Crippen LogP contribution in [0.5, 0.6) is 5.75 Å². The number of hydrogen-bond acceptors (Lipinski definition) is 6. The minimum Gasteiger partial charge on any atom is -0.496 e. The van der Waals surface area contributed by atoms with Crippen LogP contribution in [0.4, 0.5) is 0 Å². The van der Waals surface area contributed by atoms with E-state index in [0.29, 0.717) is 24.4 Å². The van der Waals surface area contributed by atoms with Crippen LogP contribution in [-0.2, 0) is 4.74 Å². The number of rotatable bonds is 8. The van der Waals surface area contributed by atoms with Crippen LogP contribution in [0.15, 0.2) is 36.4 Å². The summed E-state index contributed by atoms with van der Waals surface area (Å²) in [5.41, 5.74) is 2.18. The number of likely N-dealkylation sites (tertiary alicyclic amines) is 1. The molecule has 1 fully saturated rings. The van der Waals surface area contributed by atoms with Crippen molar-refractivity contribution in [2.45, 2.75) is 32.7 Å². The molecule has 0 spiro atoms. The van der Waals surface area contributed by atoms with Gasteiger partial charge in [0.25, 0.3) is 5.91 Å². The van der Waals surface area contributed by atoms with E-state index in [1.807, 2.05) is 24.3 Å². The van der Waals surface area contributed by atoms with E-state index in [1.54, 1.807) is 33.1 Å². The average molecular weight is 412 g/mol. The Kier molecular flexibility index (Phi) is 7.41. The van der Waals surface area contributed by atoms with Crippen LogP contribution in [0.25, 0.3) is 0 Å². The largest absolute Gasteiger partial charge is 0.496 e. The molecule has 1 aliphatic rings. The molecule has 1 atom stereocenters. The van der Waals surface area contributed by atoms with Crippen molar-refractivity contribution in [1.82, 2.24) is 15.2 Å². The van der Waals surface area contributed by atoms with Crippen molar-refractivity contribution in [3.8, 4) is 5.75 Å². The zero-order valence-electron chi connectivity index (χ0n) is 17.8. The molecule has 0 bridgehead atoms. The van der Waals surface area contributed by atoms with Gasteiger partial charge in [0.1, 0.15) is 11.4 Å². The Balaban J connectivity index is 1.74. The Morgan fingerprint density at radius 3 is 2.57 bits per heavy atom. The molecule has 1 aromatic carbocycles.